The first-order valence-corrected chi connectivity index (χ1v) is 8.83. The molecule has 138 valence electrons. The molecule has 0 bridgehead atoms. The molecule has 1 aromatic carbocycles. The number of para-hydroxylation sites is 1. The Kier molecular flexibility index (Phi) is 4.37. The first-order chi connectivity index (χ1) is 13.1. The number of aromatic hydroxyl groups is 1. The molecular weight excluding hydrogens is 342 g/mol. The maximum Gasteiger partial charge on any atom is 0.246 e. The monoisotopic (exact) mass is 363 g/mol. The zero-order chi connectivity index (χ0) is 19.0. The molecule has 4 rings (SSSR count). The third-order valence-electron chi connectivity index (χ3n) is 5.07. The van der Waals surface area contributed by atoms with Crippen molar-refractivity contribution in [1.82, 2.24) is 25.0 Å². The molecule has 1 saturated heterocycles. The summed E-state index contributed by atoms with van der Waals surface area (Å²) in [5.41, 5.74) is 2.93. The lowest BCUT2D eigenvalue weighted by Gasteiger charge is -2.38. The Bertz CT molecular complexity index is 1010. The number of aromatic amines is 1. The largest absolute Gasteiger partial charge is 0.507 e. The van der Waals surface area contributed by atoms with E-state index in [9.17, 15) is 9.90 Å². The van der Waals surface area contributed by atoms with Crippen LogP contribution in [0.1, 0.15) is 11.7 Å². The predicted octanol–water partition coefficient (Wildman–Crippen LogP) is 2.33. The number of hydrogen-bond donors (Lipinski definition) is 2. The number of nitrogens with zero attached hydrogens (tertiary/aromatic N) is 4. The number of piperazine rings is 1. The summed E-state index contributed by atoms with van der Waals surface area (Å²) in [5.74, 6) is 0.123. The average molecular weight is 363 g/mol. The summed E-state index contributed by atoms with van der Waals surface area (Å²) in [6, 6.07) is 11.1. The van der Waals surface area contributed by atoms with E-state index in [1.54, 1.807) is 12.1 Å². The van der Waals surface area contributed by atoms with Gasteiger partial charge in [0.05, 0.1) is 11.7 Å². The van der Waals surface area contributed by atoms with E-state index in [4.69, 9.17) is 0 Å². The molecule has 1 fully saturated rings. The fourth-order valence-electron chi connectivity index (χ4n) is 3.49. The molecule has 1 aliphatic rings. The Hall–Kier alpha value is -3.19. The number of phenolic OH excluding ortho intramolecular Hbond substituents is 1. The van der Waals surface area contributed by atoms with Crippen LogP contribution in [0, 0.1) is 0 Å². The third kappa shape index (κ3) is 3.17. The van der Waals surface area contributed by atoms with Crippen molar-refractivity contribution in [3.05, 3.63) is 54.7 Å². The van der Waals surface area contributed by atoms with Crippen molar-refractivity contribution >= 4 is 16.9 Å². The molecule has 3 heterocycles. The molecule has 7 nitrogen and oxygen atoms in total. The number of amides is 1. The van der Waals surface area contributed by atoms with Gasteiger partial charge in [-0.15, -0.1) is 10.2 Å². The van der Waals surface area contributed by atoms with Gasteiger partial charge in [-0.2, -0.15) is 0 Å². The van der Waals surface area contributed by atoms with Gasteiger partial charge >= 0.3 is 0 Å². The van der Waals surface area contributed by atoms with Gasteiger partial charge in [0.1, 0.15) is 5.75 Å². The van der Waals surface area contributed by atoms with Crippen LogP contribution in [0.2, 0.25) is 0 Å². The molecule has 1 aliphatic heterocycles. The van der Waals surface area contributed by atoms with Crippen molar-refractivity contribution in [1.29, 1.82) is 0 Å². The van der Waals surface area contributed by atoms with E-state index in [0.29, 0.717) is 30.0 Å². The maximum absolute atomic E-state index is 12.0. The van der Waals surface area contributed by atoms with Gasteiger partial charge in [-0.3, -0.25) is 9.69 Å². The van der Waals surface area contributed by atoms with E-state index >= 15 is 0 Å². The molecule has 0 aliphatic carbocycles. The number of hydrogen-bond acceptors (Lipinski definition) is 5. The second-order valence-electron chi connectivity index (χ2n) is 6.76. The number of H-pyrrole nitrogens is 1. The van der Waals surface area contributed by atoms with Crippen molar-refractivity contribution in [3.8, 4) is 17.0 Å². The second-order valence-corrected chi connectivity index (χ2v) is 6.76. The van der Waals surface area contributed by atoms with Crippen LogP contribution < -0.4 is 0 Å². The molecular formula is C20H21N5O2. The zero-order valence-corrected chi connectivity index (χ0v) is 15.1. The Morgan fingerprint density at radius 3 is 2.89 bits per heavy atom. The average Bonchev–Trinajstić information content (AvgIpc) is 3.11. The number of nitrogens with one attached hydrogen (secondary N) is 1. The molecule has 0 saturated carbocycles. The fraction of sp³-hybridized carbons (Fsp3) is 0.250. The van der Waals surface area contributed by atoms with Gasteiger partial charge in [0, 0.05) is 36.3 Å². The van der Waals surface area contributed by atoms with Crippen LogP contribution in [0.25, 0.3) is 22.3 Å². The minimum Gasteiger partial charge on any atom is -0.507 e. The van der Waals surface area contributed by atoms with E-state index in [-0.39, 0.29) is 17.7 Å². The van der Waals surface area contributed by atoms with E-state index in [1.165, 1.54) is 6.08 Å². The van der Waals surface area contributed by atoms with Crippen molar-refractivity contribution in [2.45, 2.75) is 6.04 Å². The van der Waals surface area contributed by atoms with Crippen LogP contribution in [0.3, 0.4) is 0 Å². The number of carbonyl (C=O) groups is 1. The SMILES string of the molecule is C=CC(=O)N1CCN(C)C(c2cc3cc(-c4ccccc4O)nnc3[nH]2)C1. The smallest absolute Gasteiger partial charge is 0.246 e. The predicted molar refractivity (Wildman–Crippen MR) is 103 cm³/mol. The Balaban J connectivity index is 1.68. The molecule has 2 aromatic heterocycles. The highest BCUT2D eigenvalue weighted by Gasteiger charge is 2.28. The van der Waals surface area contributed by atoms with Gasteiger partial charge < -0.3 is 15.0 Å². The first kappa shape index (κ1) is 17.2. The molecule has 1 atom stereocenters. The van der Waals surface area contributed by atoms with Gasteiger partial charge in [-0.1, -0.05) is 18.7 Å². The fourth-order valence-corrected chi connectivity index (χ4v) is 3.49. The number of carbonyl (C=O) groups excluding carboxylic acids is 1. The third-order valence-corrected chi connectivity index (χ3v) is 5.07. The standard InChI is InChI=1S/C20H21N5O2/c1-3-19(27)25-9-8-24(2)17(12-25)16-11-13-10-15(22-23-20(13)21-16)14-6-4-5-7-18(14)26/h3-7,10-11,17,26H,1,8-9,12H2,2H3,(H,21,23). The highest BCUT2D eigenvalue weighted by atomic mass is 16.3. The Morgan fingerprint density at radius 2 is 2.11 bits per heavy atom. The summed E-state index contributed by atoms with van der Waals surface area (Å²) in [4.78, 5) is 19.3. The maximum atomic E-state index is 12.0. The summed E-state index contributed by atoms with van der Waals surface area (Å²) in [5, 5.41) is 19.5. The highest BCUT2D eigenvalue weighted by molar-refractivity contribution is 5.87. The quantitative estimate of drug-likeness (QED) is 0.698. The Morgan fingerprint density at radius 1 is 1.30 bits per heavy atom. The highest BCUT2D eigenvalue weighted by Crippen LogP contribution is 2.30. The second kappa shape index (κ2) is 6.85. The van der Waals surface area contributed by atoms with Crippen molar-refractivity contribution in [3.63, 3.8) is 0 Å². The lowest BCUT2D eigenvalue weighted by molar-refractivity contribution is -0.128. The van der Waals surface area contributed by atoms with Gasteiger partial charge in [-0.05, 0) is 37.4 Å². The molecule has 3 aromatic rings. The lowest BCUT2D eigenvalue weighted by atomic mass is 10.1. The summed E-state index contributed by atoms with van der Waals surface area (Å²) in [6.45, 7) is 5.65. The number of fused-ring (bicyclic) bond motifs is 1. The van der Waals surface area contributed by atoms with Crippen LogP contribution in [0.4, 0.5) is 0 Å². The molecule has 1 unspecified atom stereocenters. The van der Waals surface area contributed by atoms with Crippen molar-refractivity contribution < 1.29 is 9.90 Å². The Labute approximate surface area is 156 Å². The van der Waals surface area contributed by atoms with E-state index in [0.717, 1.165) is 17.6 Å². The number of rotatable bonds is 3. The molecule has 27 heavy (non-hydrogen) atoms. The minimum atomic E-state index is -0.0501. The normalized spacial score (nSPS) is 18.0. The topological polar surface area (TPSA) is 85.3 Å². The van der Waals surface area contributed by atoms with Crippen LogP contribution in [-0.2, 0) is 4.79 Å². The van der Waals surface area contributed by atoms with E-state index in [1.807, 2.05) is 36.2 Å². The van der Waals surface area contributed by atoms with Crippen LogP contribution in [0.5, 0.6) is 5.75 Å². The van der Waals surface area contributed by atoms with Crippen LogP contribution >= 0.6 is 0 Å². The minimum absolute atomic E-state index is 0.0467. The molecule has 1 amide bonds. The lowest BCUT2D eigenvalue weighted by Crippen LogP contribution is -2.48. The number of benzene rings is 1. The summed E-state index contributed by atoms with van der Waals surface area (Å²) in [6.07, 6.45) is 1.36. The van der Waals surface area contributed by atoms with Gasteiger partial charge in [0.15, 0.2) is 5.65 Å². The molecule has 2 N–H and O–H groups in total. The molecule has 0 spiro atoms. The van der Waals surface area contributed by atoms with Gasteiger partial charge in [-0.25, -0.2) is 0 Å². The first-order valence-electron chi connectivity index (χ1n) is 8.83. The van der Waals surface area contributed by atoms with Gasteiger partial charge in [0.2, 0.25) is 5.91 Å². The van der Waals surface area contributed by atoms with E-state index < -0.39 is 0 Å². The van der Waals surface area contributed by atoms with Crippen LogP contribution in [0.15, 0.2) is 49.1 Å². The summed E-state index contributed by atoms with van der Waals surface area (Å²) < 4.78 is 0. The summed E-state index contributed by atoms with van der Waals surface area (Å²) >= 11 is 0. The van der Waals surface area contributed by atoms with Crippen molar-refractivity contribution in [2.75, 3.05) is 26.7 Å². The van der Waals surface area contributed by atoms with Crippen LogP contribution in [-0.4, -0.2) is 62.7 Å². The molecule has 7 heteroatoms. The zero-order valence-electron chi connectivity index (χ0n) is 15.1. The summed E-state index contributed by atoms with van der Waals surface area (Å²) in [7, 11) is 2.05. The van der Waals surface area contributed by atoms with E-state index in [2.05, 4.69) is 26.7 Å². The van der Waals surface area contributed by atoms with Crippen molar-refractivity contribution in [2.24, 2.45) is 0 Å². The van der Waals surface area contributed by atoms with Gasteiger partial charge in [0.25, 0.3) is 0 Å². The number of aromatic nitrogens is 3. The molecule has 0 radical (unpaired) electrons. The number of likely N-dealkylation sites (N-methyl/N-ethyl adjacent to an activating group) is 1. The number of phenols is 1.